The summed E-state index contributed by atoms with van der Waals surface area (Å²) in [6, 6.07) is 0. The molecule has 0 aliphatic carbocycles. The fourth-order valence-corrected chi connectivity index (χ4v) is 7.71. The van der Waals surface area contributed by atoms with Crippen LogP contribution in [0.2, 0.25) is 0 Å². The molecule has 8 heteroatoms. The lowest BCUT2D eigenvalue weighted by atomic mass is 10.1. The zero-order chi connectivity index (χ0) is 49.2. The van der Waals surface area contributed by atoms with E-state index in [1.165, 1.54) is 0 Å². The number of aliphatic hydroxyl groups is 1. The van der Waals surface area contributed by atoms with Gasteiger partial charge in [0.15, 0.2) is 18.3 Å². The van der Waals surface area contributed by atoms with Crippen LogP contribution >= 0.6 is 0 Å². The van der Waals surface area contributed by atoms with E-state index in [2.05, 4.69) is 130 Å². The molecule has 0 amide bonds. The van der Waals surface area contributed by atoms with Crippen molar-refractivity contribution >= 4 is 17.9 Å². The summed E-state index contributed by atoms with van der Waals surface area (Å²) < 4.78 is 23.6. The number of allylic oxidation sites excluding steroid dienone is 18. The molecule has 0 aromatic rings. The highest BCUT2D eigenvalue weighted by Crippen LogP contribution is 2.27. The van der Waals surface area contributed by atoms with E-state index in [9.17, 15) is 19.5 Å². The second-order valence-electron chi connectivity index (χ2n) is 17.8. The Morgan fingerprint density at radius 2 is 0.765 bits per heavy atom. The van der Waals surface area contributed by atoms with Crippen LogP contribution in [0.5, 0.6) is 0 Å². The minimum Gasteiger partial charge on any atom is -0.457 e. The summed E-state index contributed by atoms with van der Waals surface area (Å²) in [7, 11) is 0. The summed E-state index contributed by atoms with van der Waals surface area (Å²) in [5.41, 5.74) is 0. The molecule has 1 heterocycles. The maximum absolute atomic E-state index is 13.2. The van der Waals surface area contributed by atoms with Crippen molar-refractivity contribution < 1.29 is 38.4 Å². The highest BCUT2D eigenvalue weighted by atomic mass is 16.6. The van der Waals surface area contributed by atoms with E-state index in [0.717, 1.165) is 154 Å². The Bertz CT molecular complexity index is 1500. The van der Waals surface area contributed by atoms with Crippen molar-refractivity contribution in [3.63, 3.8) is 0 Å². The molecule has 0 unspecified atom stereocenters. The van der Waals surface area contributed by atoms with Gasteiger partial charge in [-0.3, -0.25) is 14.4 Å². The average molecular weight is 945 g/mol. The normalized spacial score (nSPS) is 17.4. The average Bonchev–Trinajstić information content (AvgIpc) is 3.72. The molecule has 68 heavy (non-hydrogen) atoms. The predicted molar refractivity (Wildman–Crippen MR) is 284 cm³/mol. The summed E-state index contributed by atoms with van der Waals surface area (Å²) in [6.45, 7) is 5.92. The molecule has 384 valence electrons. The largest absolute Gasteiger partial charge is 0.457 e. The molecule has 0 bridgehead atoms. The molecule has 0 aromatic carbocycles. The van der Waals surface area contributed by atoms with Gasteiger partial charge in [-0.05, 0) is 116 Å². The van der Waals surface area contributed by atoms with Crippen molar-refractivity contribution in [2.75, 3.05) is 13.2 Å². The smallest absolute Gasteiger partial charge is 0.306 e. The first-order chi connectivity index (χ1) is 33.5. The first-order valence-corrected chi connectivity index (χ1v) is 27.1. The first-order valence-electron chi connectivity index (χ1n) is 27.1. The van der Waals surface area contributed by atoms with E-state index in [-0.39, 0.29) is 31.8 Å². The van der Waals surface area contributed by atoms with Crippen molar-refractivity contribution in [3.05, 3.63) is 109 Å². The molecule has 8 nitrogen and oxygen atoms in total. The van der Waals surface area contributed by atoms with Crippen LogP contribution < -0.4 is 0 Å². The molecule has 0 spiro atoms. The second kappa shape index (κ2) is 48.0. The Balaban J connectivity index is 2.57. The van der Waals surface area contributed by atoms with Crippen molar-refractivity contribution in [2.45, 2.75) is 238 Å². The SMILES string of the molecule is CC/C=C\C/C=C\C/C=C\CCCCCCCC(=O)O[C@H]1[C@@H]([C@@H](CO)OC(=O)CCCCCCC/C=C\C/C=C\C/C=C\CC)OC[C@@H]1OC(=O)CCCCCCC/C=C\C/C=C\C/C=C\CC. The third-order valence-electron chi connectivity index (χ3n) is 11.6. The van der Waals surface area contributed by atoms with Crippen LogP contribution in [-0.4, -0.2) is 60.6 Å². The molecule has 4 atom stereocenters. The Hall–Kier alpha value is -4.01. The van der Waals surface area contributed by atoms with Gasteiger partial charge in [0.2, 0.25) is 0 Å². The molecule has 1 aliphatic rings. The van der Waals surface area contributed by atoms with Gasteiger partial charge in [-0.1, -0.05) is 188 Å². The van der Waals surface area contributed by atoms with Crippen LogP contribution in [0.15, 0.2) is 109 Å². The third-order valence-corrected chi connectivity index (χ3v) is 11.6. The van der Waals surface area contributed by atoms with Gasteiger partial charge in [0.25, 0.3) is 0 Å². The van der Waals surface area contributed by atoms with Crippen LogP contribution in [-0.2, 0) is 33.3 Å². The van der Waals surface area contributed by atoms with Gasteiger partial charge in [-0.2, -0.15) is 0 Å². The maximum atomic E-state index is 13.2. The molecule has 1 fully saturated rings. The van der Waals surface area contributed by atoms with Gasteiger partial charge in [0.1, 0.15) is 6.10 Å². The lowest BCUT2D eigenvalue weighted by Gasteiger charge is -2.28. The fraction of sp³-hybridized carbons (Fsp3) is 0.650. The number of rotatable bonds is 44. The lowest BCUT2D eigenvalue weighted by Crippen LogP contribution is -2.46. The summed E-state index contributed by atoms with van der Waals surface area (Å²) >= 11 is 0. The van der Waals surface area contributed by atoms with Gasteiger partial charge in [0, 0.05) is 19.3 Å². The highest BCUT2D eigenvalue weighted by molar-refractivity contribution is 5.71. The van der Waals surface area contributed by atoms with Gasteiger partial charge in [0.05, 0.1) is 13.2 Å². The van der Waals surface area contributed by atoms with Crippen molar-refractivity contribution in [2.24, 2.45) is 0 Å². The zero-order valence-corrected chi connectivity index (χ0v) is 43.1. The van der Waals surface area contributed by atoms with Crippen LogP contribution in [0.3, 0.4) is 0 Å². The van der Waals surface area contributed by atoms with E-state index in [0.29, 0.717) is 19.3 Å². The number of esters is 3. The summed E-state index contributed by atoms with van der Waals surface area (Å²) in [5.74, 6) is -1.21. The summed E-state index contributed by atoms with van der Waals surface area (Å²) in [4.78, 5) is 39.2. The fourth-order valence-electron chi connectivity index (χ4n) is 7.71. The van der Waals surface area contributed by atoms with E-state index < -0.39 is 43.0 Å². The monoisotopic (exact) mass is 945 g/mol. The minimum atomic E-state index is -1.05. The molecular weight excluding hydrogens is 849 g/mol. The van der Waals surface area contributed by atoms with E-state index >= 15 is 0 Å². The molecule has 0 aromatic heterocycles. The van der Waals surface area contributed by atoms with Crippen molar-refractivity contribution in [1.29, 1.82) is 0 Å². The van der Waals surface area contributed by atoms with Crippen LogP contribution in [0.4, 0.5) is 0 Å². The molecule has 1 rings (SSSR count). The number of aliphatic hydroxyl groups excluding tert-OH is 1. The molecule has 1 aliphatic heterocycles. The Morgan fingerprint density at radius 1 is 0.441 bits per heavy atom. The molecule has 1 N–H and O–H groups in total. The van der Waals surface area contributed by atoms with Crippen LogP contribution in [0.25, 0.3) is 0 Å². The number of hydrogen-bond donors (Lipinski definition) is 1. The molecular formula is C60H96O8. The highest BCUT2D eigenvalue weighted by Gasteiger charge is 2.47. The molecule has 1 saturated heterocycles. The van der Waals surface area contributed by atoms with Gasteiger partial charge in [-0.25, -0.2) is 0 Å². The lowest BCUT2D eigenvalue weighted by molar-refractivity contribution is -0.175. The first kappa shape index (κ1) is 62.0. The van der Waals surface area contributed by atoms with E-state index in [1.54, 1.807) is 0 Å². The number of unbranched alkanes of at least 4 members (excludes halogenated alkanes) is 15. The molecule has 0 saturated carbocycles. The predicted octanol–water partition coefficient (Wildman–Crippen LogP) is 15.9. The Labute approximate surface area is 415 Å². The van der Waals surface area contributed by atoms with Gasteiger partial charge in [-0.15, -0.1) is 0 Å². The van der Waals surface area contributed by atoms with Crippen molar-refractivity contribution in [3.8, 4) is 0 Å². The topological polar surface area (TPSA) is 108 Å². The van der Waals surface area contributed by atoms with Crippen LogP contribution in [0.1, 0.15) is 213 Å². The minimum absolute atomic E-state index is 0.00874. The number of ether oxygens (including phenoxy) is 4. The van der Waals surface area contributed by atoms with E-state index in [1.807, 2.05) is 0 Å². The number of hydrogen-bond acceptors (Lipinski definition) is 8. The van der Waals surface area contributed by atoms with E-state index in [4.69, 9.17) is 18.9 Å². The third kappa shape index (κ3) is 37.9. The Kier molecular flexibility index (Phi) is 43.8. The maximum Gasteiger partial charge on any atom is 0.306 e. The number of carbonyl (C=O) groups excluding carboxylic acids is 3. The molecule has 0 radical (unpaired) electrons. The Morgan fingerprint density at radius 3 is 1.15 bits per heavy atom. The second-order valence-corrected chi connectivity index (χ2v) is 17.8. The van der Waals surface area contributed by atoms with Gasteiger partial charge >= 0.3 is 17.9 Å². The van der Waals surface area contributed by atoms with Gasteiger partial charge < -0.3 is 24.1 Å². The summed E-state index contributed by atoms with van der Waals surface area (Å²) in [5, 5.41) is 10.4. The summed E-state index contributed by atoms with van der Waals surface area (Å²) in [6.07, 6.45) is 63.5. The standard InChI is InChI=1S/C60H96O8/c1-4-7-10-13-16-19-22-25-28-31-34-37-40-43-46-49-56(62)66-54(52-61)59-60(68-58(64)51-48-45-42-39-36-33-30-27-24-21-18-15-12-9-6-3)55(53-65-59)67-57(63)50-47-44-41-38-35-32-29-26-23-20-17-14-11-8-5-2/h7-12,16-21,25-30,54-55,59-61H,4-6,13-15,22-24,31-53H2,1-3H3/b10-7-,11-8-,12-9-,19-16-,20-17-,21-18-,28-25-,29-26-,30-27-/t54-,55+,59-,60-/m1/s1. The number of carbonyl (C=O) groups is 3. The van der Waals surface area contributed by atoms with Crippen molar-refractivity contribution in [1.82, 2.24) is 0 Å². The quantitative estimate of drug-likeness (QED) is 0.0278. The zero-order valence-electron chi connectivity index (χ0n) is 43.1. The van der Waals surface area contributed by atoms with Crippen LogP contribution in [0, 0.1) is 0 Å².